The summed E-state index contributed by atoms with van der Waals surface area (Å²) in [4.78, 5) is 6.78. The van der Waals surface area contributed by atoms with Gasteiger partial charge in [-0.1, -0.05) is 13.3 Å². The maximum absolute atomic E-state index is 6.00. The Bertz CT molecular complexity index is 321. The number of hydrogen-bond acceptors (Lipinski definition) is 3. The second kappa shape index (κ2) is 5.34. The molecule has 1 aromatic heterocycles. The third-order valence-electron chi connectivity index (χ3n) is 3.19. The molecule has 1 fully saturated rings. The highest BCUT2D eigenvalue weighted by atomic mass is 15.3. The number of anilines is 1. The number of aromatic nitrogens is 2. The molecule has 0 amide bonds. The molecule has 0 aromatic carbocycles. The molecule has 0 unspecified atom stereocenters. The Labute approximate surface area is 97.4 Å². The summed E-state index contributed by atoms with van der Waals surface area (Å²) in [6.45, 7) is 5.32. The maximum Gasteiger partial charge on any atom is 0.205 e. The van der Waals surface area contributed by atoms with Crippen LogP contribution in [0.3, 0.4) is 0 Å². The fourth-order valence-electron chi connectivity index (χ4n) is 2.28. The lowest BCUT2D eigenvalue weighted by molar-refractivity contribution is 0.490. The molecule has 4 nitrogen and oxygen atoms in total. The second-order valence-corrected chi connectivity index (χ2v) is 4.62. The molecule has 1 saturated heterocycles. The molecule has 1 aliphatic rings. The SMILES string of the molecule is CCCCn1ccnc1N1CCC[C@@H](N)C1. The van der Waals surface area contributed by atoms with Gasteiger partial charge < -0.3 is 15.2 Å². The van der Waals surface area contributed by atoms with Gasteiger partial charge in [0.25, 0.3) is 0 Å². The lowest BCUT2D eigenvalue weighted by Crippen LogP contribution is -2.43. The minimum Gasteiger partial charge on any atom is -0.341 e. The molecule has 0 aliphatic carbocycles. The van der Waals surface area contributed by atoms with E-state index in [0.717, 1.165) is 32.0 Å². The molecule has 0 bridgehead atoms. The molecule has 2 heterocycles. The molecule has 0 radical (unpaired) electrons. The summed E-state index contributed by atoms with van der Waals surface area (Å²) in [5.41, 5.74) is 6.00. The molecule has 90 valence electrons. The molecule has 4 heteroatoms. The highest BCUT2D eigenvalue weighted by molar-refractivity contribution is 5.32. The number of nitrogens with two attached hydrogens (primary N) is 1. The Hall–Kier alpha value is -1.03. The highest BCUT2D eigenvalue weighted by Crippen LogP contribution is 2.18. The van der Waals surface area contributed by atoms with Gasteiger partial charge in [0.2, 0.25) is 5.95 Å². The predicted octanol–water partition coefficient (Wildman–Crippen LogP) is 1.61. The van der Waals surface area contributed by atoms with Gasteiger partial charge in [-0.3, -0.25) is 0 Å². The molecule has 1 aromatic rings. The first-order valence-corrected chi connectivity index (χ1v) is 6.33. The van der Waals surface area contributed by atoms with Crippen LogP contribution in [0.15, 0.2) is 12.4 Å². The number of hydrogen-bond donors (Lipinski definition) is 1. The van der Waals surface area contributed by atoms with E-state index < -0.39 is 0 Å². The van der Waals surface area contributed by atoms with Crippen LogP contribution in [0, 0.1) is 0 Å². The third-order valence-corrected chi connectivity index (χ3v) is 3.19. The summed E-state index contributed by atoms with van der Waals surface area (Å²) < 4.78 is 2.25. The van der Waals surface area contributed by atoms with E-state index in [1.54, 1.807) is 0 Å². The van der Waals surface area contributed by atoms with E-state index in [-0.39, 0.29) is 0 Å². The lowest BCUT2D eigenvalue weighted by atomic mass is 10.1. The molecule has 0 spiro atoms. The highest BCUT2D eigenvalue weighted by Gasteiger charge is 2.19. The van der Waals surface area contributed by atoms with Crippen molar-refractivity contribution >= 4 is 5.95 Å². The van der Waals surface area contributed by atoms with Crippen LogP contribution < -0.4 is 10.6 Å². The Balaban J connectivity index is 2.04. The third kappa shape index (κ3) is 2.55. The van der Waals surface area contributed by atoms with Crippen molar-refractivity contribution in [2.24, 2.45) is 5.73 Å². The Morgan fingerprint density at radius 1 is 1.56 bits per heavy atom. The van der Waals surface area contributed by atoms with Gasteiger partial charge in [-0.25, -0.2) is 4.98 Å². The van der Waals surface area contributed by atoms with E-state index in [2.05, 4.69) is 27.6 Å². The smallest absolute Gasteiger partial charge is 0.205 e. The standard InChI is InChI=1S/C12H22N4/c1-2-3-7-15-9-6-14-12(15)16-8-4-5-11(13)10-16/h6,9,11H,2-5,7-8,10,13H2,1H3/t11-/m1/s1. The van der Waals surface area contributed by atoms with Gasteiger partial charge in [0, 0.05) is 38.1 Å². The van der Waals surface area contributed by atoms with Crippen LogP contribution >= 0.6 is 0 Å². The van der Waals surface area contributed by atoms with Gasteiger partial charge in [0.1, 0.15) is 0 Å². The van der Waals surface area contributed by atoms with Crippen molar-refractivity contribution in [3.05, 3.63) is 12.4 Å². The van der Waals surface area contributed by atoms with Crippen molar-refractivity contribution in [1.29, 1.82) is 0 Å². The predicted molar refractivity (Wildman–Crippen MR) is 66.6 cm³/mol. The van der Waals surface area contributed by atoms with Gasteiger partial charge in [-0.2, -0.15) is 0 Å². The van der Waals surface area contributed by atoms with Crippen LogP contribution in [-0.2, 0) is 6.54 Å². The normalized spacial score (nSPS) is 21.4. The minimum atomic E-state index is 0.310. The van der Waals surface area contributed by atoms with Crippen molar-refractivity contribution < 1.29 is 0 Å². The monoisotopic (exact) mass is 222 g/mol. The fraction of sp³-hybridized carbons (Fsp3) is 0.750. The first-order chi connectivity index (χ1) is 7.81. The van der Waals surface area contributed by atoms with Crippen LogP contribution in [-0.4, -0.2) is 28.7 Å². The van der Waals surface area contributed by atoms with Crippen molar-refractivity contribution in [1.82, 2.24) is 9.55 Å². The molecule has 1 aliphatic heterocycles. The van der Waals surface area contributed by atoms with Crippen LogP contribution in [0.5, 0.6) is 0 Å². The Kier molecular flexibility index (Phi) is 3.83. The number of rotatable bonds is 4. The zero-order chi connectivity index (χ0) is 11.4. The van der Waals surface area contributed by atoms with Crippen LogP contribution in [0.2, 0.25) is 0 Å². The number of imidazole rings is 1. The summed E-state index contributed by atoms with van der Waals surface area (Å²) in [5.74, 6) is 1.10. The molecular weight excluding hydrogens is 200 g/mol. The first-order valence-electron chi connectivity index (χ1n) is 6.33. The van der Waals surface area contributed by atoms with E-state index in [1.807, 2.05) is 6.20 Å². The molecule has 2 N–H and O–H groups in total. The number of piperidine rings is 1. The molecule has 0 saturated carbocycles. The molecule has 2 rings (SSSR count). The summed E-state index contributed by atoms with van der Waals surface area (Å²) in [6.07, 6.45) is 8.73. The van der Waals surface area contributed by atoms with Crippen molar-refractivity contribution in [3.8, 4) is 0 Å². The van der Waals surface area contributed by atoms with E-state index in [1.165, 1.54) is 19.3 Å². The van der Waals surface area contributed by atoms with Crippen LogP contribution in [0.1, 0.15) is 32.6 Å². The van der Waals surface area contributed by atoms with Gasteiger partial charge in [0.05, 0.1) is 0 Å². The van der Waals surface area contributed by atoms with Gasteiger partial charge in [0.15, 0.2) is 0 Å². The first kappa shape index (κ1) is 11.5. The van der Waals surface area contributed by atoms with Gasteiger partial charge in [-0.05, 0) is 19.3 Å². The molecular formula is C12H22N4. The quantitative estimate of drug-likeness (QED) is 0.842. The Morgan fingerprint density at radius 2 is 2.44 bits per heavy atom. The second-order valence-electron chi connectivity index (χ2n) is 4.62. The number of unbranched alkanes of at least 4 members (excludes halogenated alkanes) is 1. The van der Waals surface area contributed by atoms with E-state index in [4.69, 9.17) is 5.73 Å². The van der Waals surface area contributed by atoms with Crippen molar-refractivity contribution in [3.63, 3.8) is 0 Å². The van der Waals surface area contributed by atoms with E-state index >= 15 is 0 Å². The largest absolute Gasteiger partial charge is 0.341 e. The summed E-state index contributed by atoms with van der Waals surface area (Å²) in [7, 11) is 0. The van der Waals surface area contributed by atoms with Crippen molar-refractivity contribution in [2.75, 3.05) is 18.0 Å². The van der Waals surface area contributed by atoms with Crippen molar-refractivity contribution in [2.45, 2.75) is 45.2 Å². The maximum atomic E-state index is 6.00. The molecule has 16 heavy (non-hydrogen) atoms. The molecule has 1 atom stereocenters. The zero-order valence-corrected chi connectivity index (χ0v) is 10.1. The summed E-state index contributed by atoms with van der Waals surface area (Å²) in [5, 5.41) is 0. The Morgan fingerprint density at radius 3 is 3.19 bits per heavy atom. The average molecular weight is 222 g/mol. The van der Waals surface area contributed by atoms with E-state index in [0.29, 0.717) is 6.04 Å². The number of aryl methyl sites for hydroxylation is 1. The van der Waals surface area contributed by atoms with Gasteiger partial charge >= 0.3 is 0 Å². The topological polar surface area (TPSA) is 47.1 Å². The fourth-order valence-corrected chi connectivity index (χ4v) is 2.28. The zero-order valence-electron chi connectivity index (χ0n) is 10.1. The van der Waals surface area contributed by atoms with Crippen LogP contribution in [0.4, 0.5) is 5.95 Å². The minimum absolute atomic E-state index is 0.310. The van der Waals surface area contributed by atoms with Gasteiger partial charge in [-0.15, -0.1) is 0 Å². The lowest BCUT2D eigenvalue weighted by Gasteiger charge is -2.31. The summed E-state index contributed by atoms with van der Waals surface area (Å²) >= 11 is 0. The number of nitrogens with zero attached hydrogens (tertiary/aromatic N) is 3. The average Bonchev–Trinajstić information content (AvgIpc) is 2.74. The summed E-state index contributed by atoms with van der Waals surface area (Å²) in [6, 6.07) is 0.310. The van der Waals surface area contributed by atoms with E-state index in [9.17, 15) is 0 Å². The van der Waals surface area contributed by atoms with Crippen LogP contribution in [0.25, 0.3) is 0 Å².